The SMILES string of the molecule is CCOC(=O)C1=C(CSc2nnc(-c3ccco3)n2Cc2ccccc2)NC(=O)NC1CC. The van der Waals surface area contributed by atoms with E-state index in [-0.39, 0.29) is 12.6 Å². The zero-order chi connectivity index (χ0) is 23.2. The number of carbonyl (C=O) groups excluding carboxylic acids is 2. The Bertz CT molecular complexity index is 1140. The van der Waals surface area contributed by atoms with Crippen LogP contribution in [0.25, 0.3) is 11.6 Å². The van der Waals surface area contributed by atoms with Gasteiger partial charge < -0.3 is 19.8 Å². The quantitative estimate of drug-likeness (QED) is 0.365. The summed E-state index contributed by atoms with van der Waals surface area (Å²) in [5, 5.41) is 14.9. The largest absolute Gasteiger partial charge is 0.463 e. The molecule has 1 aromatic carbocycles. The van der Waals surface area contributed by atoms with E-state index in [0.29, 0.717) is 46.7 Å². The van der Waals surface area contributed by atoms with Gasteiger partial charge in [-0.05, 0) is 31.0 Å². The van der Waals surface area contributed by atoms with Crippen molar-refractivity contribution in [3.05, 3.63) is 65.6 Å². The predicted molar refractivity (Wildman–Crippen MR) is 123 cm³/mol. The zero-order valence-electron chi connectivity index (χ0n) is 18.4. The highest BCUT2D eigenvalue weighted by atomic mass is 32.2. The van der Waals surface area contributed by atoms with Crippen LogP contribution in [0.4, 0.5) is 4.79 Å². The Kier molecular flexibility index (Phi) is 7.13. The number of thioether (sulfide) groups is 1. The lowest BCUT2D eigenvalue weighted by Gasteiger charge is -2.28. The topological polar surface area (TPSA) is 111 Å². The van der Waals surface area contributed by atoms with Gasteiger partial charge in [0.05, 0.1) is 31.0 Å². The van der Waals surface area contributed by atoms with Gasteiger partial charge in [-0.25, -0.2) is 9.59 Å². The molecule has 1 atom stereocenters. The van der Waals surface area contributed by atoms with Crippen molar-refractivity contribution in [2.45, 2.75) is 38.0 Å². The van der Waals surface area contributed by atoms with Crippen molar-refractivity contribution in [3.8, 4) is 11.6 Å². The fourth-order valence-electron chi connectivity index (χ4n) is 3.60. The third-order valence-electron chi connectivity index (χ3n) is 5.13. The van der Waals surface area contributed by atoms with Crippen LogP contribution in [0.15, 0.2) is 69.6 Å². The molecule has 0 aliphatic carbocycles. The standard InChI is InChI=1S/C23H25N5O4S/c1-3-16-19(21(29)31-4-2)17(25-22(30)24-16)14-33-23-27-26-20(18-11-8-12-32-18)28(23)13-15-9-6-5-7-10-15/h5-12,16H,3-4,13-14H2,1-2H3,(H2,24,25,30). The van der Waals surface area contributed by atoms with Gasteiger partial charge in [0.25, 0.3) is 0 Å². The fraction of sp³-hybridized carbons (Fsp3) is 0.304. The summed E-state index contributed by atoms with van der Waals surface area (Å²) in [4.78, 5) is 24.8. The van der Waals surface area contributed by atoms with Crippen molar-refractivity contribution in [2.75, 3.05) is 12.4 Å². The van der Waals surface area contributed by atoms with Gasteiger partial charge in [0, 0.05) is 11.4 Å². The lowest BCUT2D eigenvalue weighted by atomic mass is 10.0. The first-order valence-corrected chi connectivity index (χ1v) is 11.7. The molecule has 1 aliphatic heterocycles. The van der Waals surface area contributed by atoms with Gasteiger partial charge in [-0.15, -0.1) is 10.2 Å². The zero-order valence-corrected chi connectivity index (χ0v) is 19.2. The fourth-order valence-corrected chi connectivity index (χ4v) is 4.51. The number of nitrogens with zero attached hydrogens (tertiary/aromatic N) is 3. The molecule has 2 aromatic heterocycles. The minimum absolute atomic E-state index is 0.255. The van der Waals surface area contributed by atoms with Gasteiger partial charge in [-0.2, -0.15) is 0 Å². The number of amides is 2. The third-order valence-corrected chi connectivity index (χ3v) is 6.13. The predicted octanol–water partition coefficient (Wildman–Crippen LogP) is 3.59. The number of benzene rings is 1. The molecule has 3 heterocycles. The van der Waals surface area contributed by atoms with Crippen molar-refractivity contribution in [1.29, 1.82) is 0 Å². The lowest BCUT2D eigenvalue weighted by Crippen LogP contribution is -2.50. The molecular formula is C23H25N5O4S. The van der Waals surface area contributed by atoms with E-state index in [9.17, 15) is 9.59 Å². The summed E-state index contributed by atoms with van der Waals surface area (Å²) >= 11 is 1.38. The highest BCUT2D eigenvalue weighted by molar-refractivity contribution is 7.99. The molecule has 9 nitrogen and oxygen atoms in total. The molecule has 0 saturated carbocycles. The van der Waals surface area contributed by atoms with Gasteiger partial charge in [0.15, 0.2) is 10.9 Å². The number of furan rings is 1. The molecule has 33 heavy (non-hydrogen) atoms. The maximum Gasteiger partial charge on any atom is 0.337 e. The molecule has 3 aromatic rings. The summed E-state index contributed by atoms with van der Waals surface area (Å²) in [5.41, 5.74) is 2.04. The average Bonchev–Trinajstić information content (AvgIpc) is 3.48. The first-order valence-electron chi connectivity index (χ1n) is 10.7. The van der Waals surface area contributed by atoms with Crippen molar-refractivity contribution < 1.29 is 18.7 Å². The lowest BCUT2D eigenvalue weighted by molar-refractivity contribution is -0.139. The number of ether oxygens (including phenoxy) is 1. The van der Waals surface area contributed by atoms with Crippen LogP contribution < -0.4 is 10.6 Å². The van der Waals surface area contributed by atoms with E-state index in [2.05, 4.69) is 20.8 Å². The van der Waals surface area contributed by atoms with Crippen LogP contribution in [0.3, 0.4) is 0 Å². The highest BCUT2D eigenvalue weighted by Gasteiger charge is 2.31. The van der Waals surface area contributed by atoms with Crippen LogP contribution in [0.2, 0.25) is 0 Å². The number of esters is 1. The molecule has 2 amide bonds. The summed E-state index contributed by atoms with van der Waals surface area (Å²) < 4.78 is 12.8. The Balaban J connectivity index is 1.65. The summed E-state index contributed by atoms with van der Waals surface area (Å²) in [6.45, 7) is 4.46. The molecule has 1 unspecified atom stereocenters. The van der Waals surface area contributed by atoms with Gasteiger partial charge in [-0.1, -0.05) is 49.0 Å². The Hall–Kier alpha value is -3.53. The molecule has 0 saturated heterocycles. The van der Waals surface area contributed by atoms with Crippen molar-refractivity contribution in [1.82, 2.24) is 25.4 Å². The second kappa shape index (κ2) is 10.4. The smallest absolute Gasteiger partial charge is 0.337 e. The van der Waals surface area contributed by atoms with E-state index in [1.165, 1.54) is 11.8 Å². The number of carbonyl (C=O) groups is 2. The number of nitrogens with one attached hydrogen (secondary N) is 2. The maximum absolute atomic E-state index is 12.6. The van der Waals surface area contributed by atoms with Crippen LogP contribution in [-0.4, -0.2) is 45.2 Å². The van der Waals surface area contributed by atoms with Crippen LogP contribution in [0.5, 0.6) is 0 Å². The van der Waals surface area contributed by atoms with Crippen molar-refractivity contribution in [3.63, 3.8) is 0 Å². The van der Waals surface area contributed by atoms with Gasteiger partial charge in [-0.3, -0.25) is 4.57 Å². The van der Waals surface area contributed by atoms with Crippen LogP contribution >= 0.6 is 11.8 Å². The van der Waals surface area contributed by atoms with E-state index in [0.717, 1.165) is 5.56 Å². The first-order chi connectivity index (χ1) is 16.1. The average molecular weight is 468 g/mol. The van der Waals surface area contributed by atoms with Crippen LogP contribution in [-0.2, 0) is 16.1 Å². The minimum atomic E-state index is -0.436. The van der Waals surface area contributed by atoms with E-state index >= 15 is 0 Å². The third kappa shape index (κ3) is 5.11. The molecule has 10 heteroatoms. The molecule has 1 aliphatic rings. The summed E-state index contributed by atoms with van der Waals surface area (Å²) in [6.07, 6.45) is 2.16. The Morgan fingerprint density at radius 2 is 2.00 bits per heavy atom. The van der Waals surface area contributed by atoms with Gasteiger partial charge >= 0.3 is 12.0 Å². The number of hydrogen-bond acceptors (Lipinski definition) is 7. The first kappa shape index (κ1) is 22.7. The Morgan fingerprint density at radius 3 is 2.70 bits per heavy atom. The molecule has 0 fully saturated rings. The van der Waals surface area contributed by atoms with E-state index in [4.69, 9.17) is 9.15 Å². The summed E-state index contributed by atoms with van der Waals surface area (Å²) in [7, 11) is 0. The van der Waals surface area contributed by atoms with E-state index < -0.39 is 12.0 Å². The van der Waals surface area contributed by atoms with Gasteiger partial charge in [0.1, 0.15) is 0 Å². The number of rotatable bonds is 9. The monoisotopic (exact) mass is 467 g/mol. The van der Waals surface area contributed by atoms with Crippen molar-refractivity contribution >= 4 is 23.8 Å². The van der Waals surface area contributed by atoms with E-state index in [1.807, 2.05) is 47.9 Å². The normalized spacial score (nSPS) is 15.8. The molecular weight excluding hydrogens is 442 g/mol. The molecule has 0 radical (unpaired) electrons. The summed E-state index contributed by atoms with van der Waals surface area (Å²) in [6, 6.07) is 12.9. The molecule has 0 spiro atoms. The second-order valence-electron chi connectivity index (χ2n) is 7.32. The molecule has 172 valence electrons. The summed E-state index contributed by atoms with van der Waals surface area (Å²) in [5.74, 6) is 1.10. The van der Waals surface area contributed by atoms with Crippen LogP contribution in [0, 0.1) is 0 Å². The molecule has 4 rings (SSSR count). The minimum Gasteiger partial charge on any atom is -0.463 e. The number of aromatic nitrogens is 3. The second-order valence-corrected chi connectivity index (χ2v) is 8.26. The van der Waals surface area contributed by atoms with Crippen LogP contribution in [0.1, 0.15) is 25.8 Å². The number of hydrogen-bond donors (Lipinski definition) is 2. The van der Waals surface area contributed by atoms with Crippen molar-refractivity contribution in [2.24, 2.45) is 0 Å². The van der Waals surface area contributed by atoms with Gasteiger partial charge in [0.2, 0.25) is 5.82 Å². The molecule has 2 N–H and O–H groups in total. The Morgan fingerprint density at radius 1 is 1.18 bits per heavy atom. The maximum atomic E-state index is 12.6. The van der Waals surface area contributed by atoms with E-state index in [1.54, 1.807) is 19.3 Å². The highest BCUT2D eigenvalue weighted by Crippen LogP contribution is 2.28. The Labute approximate surface area is 195 Å². The number of urea groups is 1. The molecule has 0 bridgehead atoms.